The highest BCUT2D eigenvalue weighted by molar-refractivity contribution is 6.30. The molecule has 7 nitrogen and oxygen atoms in total. The number of halogens is 1. The molecular weight excluding hydrogens is 424 g/mol. The number of nitrogens with one attached hydrogen (secondary N) is 2. The van der Waals surface area contributed by atoms with Gasteiger partial charge in [-0.15, -0.1) is 0 Å². The molecular formula is C24H23ClN6O. The quantitative estimate of drug-likeness (QED) is 0.604. The van der Waals surface area contributed by atoms with E-state index in [0.717, 1.165) is 24.2 Å². The van der Waals surface area contributed by atoms with Crippen LogP contribution in [0, 0.1) is 0 Å². The van der Waals surface area contributed by atoms with Gasteiger partial charge in [0, 0.05) is 18.3 Å². The highest BCUT2D eigenvalue weighted by Crippen LogP contribution is 2.20. The van der Waals surface area contributed by atoms with Crippen LogP contribution in [0.25, 0.3) is 5.69 Å². The van der Waals surface area contributed by atoms with Crippen molar-refractivity contribution in [1.29, 1.82) is 0 Å². The molecule has 8 heteroatoms. The molecule has 3 aromatic heterocycles. The van der Waals surface area contributed by atoms with Gasteiger partial charge in [-0.25, -0.2) is 15.0 Å². The Labute approximate surface area is 191 Å². The molecule has 162 valence electrons. The van der Waals surface area contributed by atoms with E-state index in [1.807, 2.05) is 36.4 Å². The van der Waals surface area contributed by atoms with Gasteiger partial charge in [0.2, 0.25) is 5.95 Å². The molecule has 0 unspecified atom stereocenters. The summed E-state index contributed by atoms with van der Waals surface area (Å²) in [4.78, 5) is 25.0. The van der Waals surface area contributed by atoms with Gasteiger partial charge in [0.15, 0.2) is 0 Å². The molecule has 4 rings (SSSR count). The van der Waals surface area contributed by atoms with Gasteiger partial charge < -0.3 is 10.6 Å². The van der Waals surface area contributed by atoms with Crippen LogP contribution in [-0.4, -0.2) is 31.6 Å². The molecule has 2 atom stereocenters. The van der Waals surface area contributed by atoms with Crippen LogP contribution in [0.5, 0.6) is 0 Å². The Morgan fingerprint density at radius 1 is 1.03 bits per heavy atom. The van der Waals surface area contributed by atoms with Crippen molar-refractivity contribution < 1.29 is 0 Å². The maximum Gasteiger partial charge on any atom is 0.255 e. The zero-order valence-corrected chi connectivity index (χ0v) is 18.1. The summed E-state index contributed by atoms with van der Waals surface area (Å²) in [6.07, 6.45) is 16.2. The van der Waals surface area contributed by atoms with Gasteiger partial charge in [-0.05, 0) is 36.6 Å². The highest BCUT2D eigenvalue weighted by Gasteiger charge is 2.19. The molecule has 0 radical (unpaired) electrons. The van der Waals surface area contributed by atoms with Crippen LogP contribution in [0.1, 0.15) is 12.8 Å². The summed E-state index contributed by atoms with van der Waals surface area (Å²) < 4.78 is 1.56. The van der Waals surface area contributed by atoms with Gasteiger partial charge in [0.05, 0.1) is 35.3 Å². The molecule has 0 fully saturated rings. The van der Waals surface area contributed by atoms with Crippen LogP contribution in [0.15, 0.2) is 96.4 Å². The average molecular weight is 447 g/mol. The molecule has 3 heterocycles. The van der Waals surface area contributed by atoms with Crippen LogP contribution in [0.2, 0.25) is 5.02 Å². The first-order valence-electron chi connectivity index (χ1n) is 10.3. The second-order valence-corrected chi connectivity index (χ2v) is 7.84. The number of anilines is 2. The molecule has 32 heavy (non-hydrogen) atoms. The zero-order chi connectivity index (χ0) is 22.3. The number of nitrogens with zero attached hydrogens (tertiary/aromatic N) is 4. The van der Waals surface area contributed by atoms with E-state index in [2.05, 4.69) is 38.2 Å². The largest absolute Gasteiger partial charge is 0.367 e. The van der Waals surface area contributed by atoms with E-state index >= 15 is 0 Å². The average Bonchev–Trinajstić information content (AvgIpc) is 2.88. The Bertz CT molecular complexity index is 1180. The maximum absolute atomic E-state index is 12.0. The van der Waals surface area contributed by atoms with Crippen LogP contribution in [-0.2, 0) is 0 Å². The number of allylic oxidation sites excluding steroid dienone is 2. The molecule has 0 saturated carbocycles. The summed E-state index contributed by atoms with van der Waals surface area (Å²) in [5.74, 6) is 1.23. The Hall–Kier alpha value is -3.71. The molecule has 2 N–H and O–H groups in total. The number of hydrogen-bond acceptors (Lipinski definition) is 6. The molecule has 3 aromatic rings. The van der Waals surface area contributed by atoms with Crippen molar-refractivity contribution >= 4 is 23.4 Å². The molecule has 0 saturated heterocycles. The van der Waals surface area contributed by atoms with Crippen molar-refractivity contribution in [2.45, 2.75) is 24.9 Å². The third kappa shape index (κ3) is 5.50. The summed E-state index contributed by atoms with van der Waals surface area (Å²) in [6.45, 7) is 4.21. The van der Waals surface area contributed by atoms with Gasteiger partial charge >= 0.3 is 0 Å². The van der Waals surface area contributed by atoms with Gasteiger partial charge in [0.25, 0.3) is 5.56 Å². The molecule has 1 aliphatic rings. The zero-order valence-electron chi connectivity index (χ0n) is 17.4. The van der Waals surface area contributed by atoms with Crippen LogP contribution < -0.4 is 16.2 Å². The summed E-state index contributed by atoms with van der Waals surface area (Å²) >= 11 is 5.90. The van der Waals surface area contributed by atoms with Crippen molar-refractivity contribution in [1.82, 2.24) is 19.5 Å². The Morgan fingerprint density at radius 2 is 1.88 bits per heavy atom. The fraction of sp³-hybridized carbons (Fsp3) is 0.167. The monoisotopic (exact) mass is 446 g/mol. The first-order valence-corrected chi connectivity index (χ1v) is 10.6. The lowest BCUT2D eigenvalue weighted by molar-refractivity contribution is 0.618. The minimum absolute atomic E-state index is 0.0769. The van der Waals surface area contributed by atoms with Gasteiger partial charge in [-0.3, -0.25) is 9.36 Å². The minimum Gasteiger partial charge on any atom is -0.367 e. The third-order valence-electron chi connectivity index (χ3n) is 5.07. The fourth-order valence-corrected chi connectivity index (χ4v) is 3.52. The summed E-state index contributed by atoms with van der Waals surface area (Å²) in [7, 11) is 0. The molecule has 0 aliphatic heterocycles. The lowest BCUT2D eigenvalue weighted by Crippen LogP contribution is -2.31. The van der Waals surface area contributed by atoms with E-state index in [4.69, 9.17) is 11.6 Å². The maximum atomic E-state index is 12.0. The van der Waals surface area contributed by atoms with E-state index in [1.54, 1.807) is 35.4 Å². The third-order valence-corrected chi connectivity index (χ3v) is 5.27. The summed E-state index contributed by atoms with van der Waals surface area (Å²) in [5.41, 5.74) is 1.54. The SMILES string of the molecule is C=C1/C=C\C=C/C[C@H](Nc2ccc(-n3ccccc3=O)cn2)C[C@H]1Nc1ncc(Cl)cn1. The minimum atomic E-state index is -0.0965. The number of pyridine rings is 2. The van der Waals surface area contributed by atoms with E-state index in [1.165, 1.54) is 6.07 Å². The van der Waals surface area contributed by atoms with Gasteiger partial charge in [-0.1, -0.05) is 48.6 Å². The highest BCUT2D eigenvalue weighted by atomic mass is 35.5. The second kappa shape index (κ2) is 10.1. The van der Waals surface area contributed by atoms with Crippen molar-refractivity contribution in [3.63, 3.8) is 0 Å². The van der Waals surface area contributed by atoms with Crippen molar-refractivity contribution in [3.05, 3.63) is 107 Å². The van der Waals surface area contributed by atoms with E-state index in [0.29, 0.717) is 16.7 Å². The second-order valence-electron chi connectivity index (χ2n) is 7.41. The van der Waals surface area contributed by atoms with Crippen LogP contribution in [0.4, 0.5) is 11.8 Å². The van der Waals surface area contributed by atoms with Gasteiger partial charge in [-0.2, -0.15) is 0 Å². The van der Waals surface area contributed by atoms with Crippen molar-refractivity contribution in [2.75, 3.05) is 10.6 Å². The predicted molar refractivity (Wildman–Crippen MR) is 128 cm³/mol. The molecule has 1 aliphatic carbocycles. The summed E-state index contributed by atoms with van der Waals surface area (Å²) in [5, 5.41) is 7.33. The lowest BCUT2D eigenvalue weighted by Gasteiger charge is -2.25. The standard InChI is InChI=1S/C24H23ClN6O/c1-17-7-3-2-4-8-19(13-21(17)30-24-27-14-18(25)15-28-24)29-22-11-10-20(16-26-22)31-12-6-5-9-23(31)32/h2-7,9-12,14-16,19,21H,1,8,13H2,(H,26,29)(H,27,28,30)/b4-2-,7-3-/t19-,21+/m0/s1. The smallest absolute Gasteiger partial charge is 0.255 e. The first-order chi connectivity index (χ1) is 15.6. The van der Waals surface area contributed by atoms with Crippen molar-refractivity contribution in [3.8, 4) is 5.69 Å². The predicted octanol–water partition coefficient (Wildman–Crippen LogP) is 4.40. The molecule has 0 bridgehead atoms. The number of rotatable bonds is 5. The van der Waals surface area contributed by atoms with Crippen LogP contribution >= 0.6 is 11.6 Å². The Balaban J connectivity index is 1.49. The topological polar surface area (TPSA) is 84.7 Å². The van der Waals surface area contributed by atoms with E-state index in [9.17, 15) is 4.79 Å². The lowest BCUT2D eigenvalue weighted by atomic mass is 9.98. The molecule has 0 aromatic carbocycles. The normalized spacial score (nSPS) is 20.5. The number of aromatic nitrogens is 4. The Morgan fingerprint density at radius 3 is 2.62 bits per heavy atom. The molecule has 0 amide bonds. The molecule has 0 spiro atoms. The number of hydrogen-bond donors (Lipinski definition) is 2. The van der Waals surface area contributed by atoms with Crippen molar-refractivity contribution in [2.24, 2.45) is 0 Å². The van der Waals surface area contributed by atoms with Crippen LogP contribution in [0.3, 0.4) is 0 Å². The van der Waals surface area contributed by atoms with Gasteiger partial charge in [0.1, 0.15) is 5.82 Å². The van der Waals surface area contributed by atoms with E-state index < -0.39 is 0 Å². The first kappa shape index (κ1) is 21.5. The fourth-order valence-electron chi connectivity index (χ4n) is 3.42. The summed E-state index contributed by atoms with van der Waals surface area (Å²) in [6, 6.07) is 8.82. The Kier molecular flexibility index (Phi) is 6.77. The van der Waals surface area contributed by atoms with E-state index in [-0.39, 0.29) is 17.6 Å².